The molecule has 108 valence electrons. The number of aromatic nitrogens is 1. The molecule has 0 atom stereocenters. The summed E-state index contributed by atoms with van der Waals surface area (Å²) in [6, 6.07) is 6.10. The van der Waals surface area contributed by atoms with E-state index in [2.05, 4.69) is 4.98 Å². The number of nitrogens with one attached hydrogen (secondary N) is 1. The number of fused-ring (bicyclic) bond motifs is 1. The molecule has 4 nitrogen and oxygen atoms in total. The minimum absolute atomic E-state index is 0.0162. The van der Waals surface area contributed by atoms with Gasteiger partial charge in [-0.3, -0.25) is 4.79 Å². The van der Waals surface area contributed by atoms with E-state index in [0.29, 0.717) is 29.2 Å². The Bertz CT molecular complexity index is 821. The van der Waals surface area contributed by atoms with Gasteiger partial charge in [0.25, 0.3) is 0 Å². The first kappa shape index (κ1) is 13.4. The smallest absolute Gasteiger partial charge is 0.203 e. The van der Waals surface area contributed by atoms with Crippen molar-refractivity contribution in [3.8, 4) is 17.1 Å². The number of benzene rings is 1. The van der Waals surface area contributed by atoms with Gasteiger partial charge in [-0.2, -0.15) is 0 Å². The highest BCUT2D eigenvalue weighted by atomic mass is 19.1. The summed E-state index contributed by atoms with van der Waals surface area (Å²) in [7, 11) is 0. The van der Waals surface area contributed by atoms with Crippen LogP contribution in [0.3, 0.4) is 0 Å². The molecule has 5 heteroatoms. The van der Waals surface area contributed by atoms with Crippen LogP contribution in [-0.2, 0) is 0 Å². The molecule has 0 aliphatic carbocycles. The Hall–Kier alpha value is -2.56. The number of furan rings is 1. The summed E-state index contributed by atoms with van der Waals surface area (Å²) >= 11 is 0. The molecule has 0 amide bonds. The summed E-state index contributed by atoms with van der Waals surface area (Å²) in [5.41, 5.74) is 0.237. The standard InChI is InChI=1S/C16H14FNO3/c1-2-7-20-13-6-5-11(17)14-15(13)18-9-10(16(14)19)12-4-3-8-21-12/h3-6,8-9H,2,7H2,1H3,(H,18,19). The van der Waals surface area contributed by atoms with Crippen molar-refractivity contribution in [2.45, 2.75) is 13.3 Å². The summed E-state index contributed by atoms with van der Waals surface area (Å²) in [6.45, 7) is 2.48. The van der Waals surface area contributed by atoms with Crippen LogP contribution >= 0.6 is 0 Å². The van der Waals surface area contributed by atoms with E-state index in [4.69, 9.17) is 9.15 Å². The zero-order chi connectivity index (χ0) is 14.8. The summed E-state index contributed by atoms with van der Waals surface area (Å²) in [6.07, 6.45) is 3.81. The van der Waals surface area contributed by atoms with Gasteiger partial charge in [0.05, 0.1) is 29.3 Å². The van der Waals surface area contributed by atoms with Crippen molar-refractivity contribution in [3.05, 3.63) is 52.8 Å². The summed E-state index contributed by atoms with van der Waals surface area (Å²) in [5.74, 6) is 0.289. The fourth-order valence-corrected chi connectivity index (χ4v) is 2.22. The van der Waals surface area contributed by atoms with Crippen molar-refractivity contribution in [3.63, 3.8) is 0 Å². The molecule has 0 aliphatic heterocycles. The van der Waals surface area contributed by atoms with Gasteiger partial charge >= 0.3 is 0 Å². The lowest BCUT2D eigenvalue weighted by Crippen LogP contribution is -2.09. The van der Waals surface area contributed by atoms with Gasteiger partial charge in [-0.25, -0.2) is 4.39 Å². The first-order chi connectivity index (χ1) is 10.2. The van der Waals surface area contributed by atoms with Crippen LogP contribution in [0.1, 0.15) is 13.3 Å². The molecule has 0 fully saturated rings. The van der Waals surface area contributed by atoms with Crippen LogP contribution in [0.2, 0.25) is 0 Å². The molecular formula is C16H14FNO3. The molecule has 3 aromatic rings. The van der Waals surface area contributed by atoms with E-state index in [1.807, 2.05) is 6.92 Å². The van der Waals surface area contributed by atoms with Gasteiger partial charge < -0.3 is 14.1 Å². The average molecular weight is 287 g/mol. The third-order valence-corrected chi connectivity index (χ3v) is 3.20. The van der Waals surface area contributed by atoms with Gasteiger partial charge in [0, 0.05) is 6.20 Å². The number of halogens is 1. The van der Waals surface area contributed by atoms with E-state index in [9.17, 15) is 9.18 Å². The fraction of sp³-hybridized carbons (Fsp3) is 0.188. The molecule has 0 aliphatic rings. The predicted octanol–water partition coefficient (Wildman–Crippen LogP) is 3.72. The monoisotopic (exact) mass is 287 g/mol. The molecule has 0 saturated carbocycles. The summed E-state index contributed by atoms with van der Waals surface area (Å²) < 4.78 is 24.8. The average Bonchev–Trinajstić information content (AvgIpc) is 3.01. The molecule has 0 unspecified atom stereocenters. The van der Waals surface area contributed by atoms with Crippen molar-refractivity contribution in [2.75, 3.05) is 6.61 Å². The van der Waals surface area contributed by atoms with Crippen molar-refractivity contribution in [2.24, 2.45) is 0 Å². The van der Waals surface area contributed by atoms with E-state index in [1.54, 1.807) is 12.1 Å². The zero-order valence-electron chi connectivity index (χ0n) is 11.5. The fourth-order valence-electron chi connectivity index (χ4n) is 2.22. The molecule has 1 aromatic carbocycles. The van der Waals surface area contributed by atoms with Gasteiger partial charge in [0.2, 0.25) is 5.43 Å². The maximum atomic E-state index is 14.1. The molecule has 0 bridgehead atoms. The Kier molecular flexibility index (Phi) is 3.48. The minimum atomic E-state index is -0.580. The van der Waals surface area contributed by atoms with Gasteiger partial charge in [-0.15, -0.1) is 0 Å². The second kappa shape index (κ2) is 5.44. The quantitative estimate of drug-likeness (QED) is 0.795. The number of H-pyrrole nitrogens is 1. The highest BCUT2D eigenvalue weighted by Gasteiger charge is 2.15. The molecule has 1 N–H and O–H groups in total. The van der Waals surface area contributed by atoms with Gasteiger partial charge in [-0.1, -0.05) is 6.92 Å². The second-order valence-corrected chi connectivity index (χ2v) is 4.65. The molecule has 2 aromatic heterocycles. The van der Waals surface area contributed by atoms with Crippen LogP contribution in [0.5, 0.6) is 5.75 Å². The Morgan fingerprint density at radius 2 is 2.19 bits per heavy atom. The lowest BCUT2D eigenvalue weighted by Gasteiger charge is -2.09. The highest BCUT2D eigenvalue weighted by molar-refractivity contribution is 5.87. The Morgan fingerprint density at radius 1 is 1.33 bits per heavy atom. The third-order valence-electron chi connectivity index (χ3n) is 3.20. The lowest BCUT2D eigenvalue weighted by atomic mass is 10.1. The van der Waals surface area contributed by atoms with Crippen molar-refractivity contribution in [1.29, 1.82) is 0 Å². The predicted molar refractivity (Wildman–Crippen MR) is 78.0 cm³/mol. The van der Waals surface area contributed by atoms with E-state index < -0.39 is 11.2 Å². The zero-order valence-corrected chi connectivity index (χ0v) is 11.5. The van der Waals surface area contributed by atoms with E-state index in [-0.39, 0.29) is 5.39 Å². The van der Waals surface area contributed by atoms with E-state index in [1.165, 1.54) is 24.6 Å². The van der Waals surface area contributed by atoms with E-state index in [0.717, 1.165) is 6.42 Å². The molecule has 3 rings (SSSR count). The maximum absolute atomic E-state index is 14.1. The van der Waals surface area contributed by atoms with Crippen molar-refractivity contribution in [1.82, 2.24) is 4.98 Å². The first-order valence-electron chi connectivity index (χ1n) is 6.73. The van der Waals surface area contributed by atoms with Gasteiger partial charge in [0.1, 0.15) is 17.3 Å². The number of hydrogen-bond acceptors (Lipinski definition) is 3. The summed E-state index contributed by atoms with van der Waals surface area (Å²) in [4.78, 5) is 15.4. The number of pyridine rings is 1. The normalized spacial score (nSPS) is 11.0. The number of ether oxygens (including phenoxy) is 1. The van der Waals surface area contributed by atoms with E-state index >= 15 is 0 Å². The van der Waals surface area contributed by atoms with Gasteiger partial charge in [-0.05, 0) is 30.7 Å². The van der Waals surface area contributed by atoms with Crippen LogP contribution in [0, 0.1) is 5.82 Å². The molecule has 0 spiro atoms. The number of aromatic amines is 1. The minimum Gasteiger partial charge on any atom is -0.491 e. The molecule has 0 saturated heterocycles. The lowest BCUT2D eigenvalue weighted by molar-refractivity contribution is 0.320. The molecular weight excluding hydrogens is 273 g/mol. The van der Waals surface area contributed by atoms with Crippen molar-refractivity contribution >= 4 is 10.9 Å². The largest absolute Gasteiger partial charge is 0.491 e. The Labute approximate surface area is 120 Å². The highest BCUT2D eigenvalue weighted by Crippen LogP contribution is 2.26. The number of hydrogen-bond donors (Lipinski definition) is 1. The number of rotatable bonds is 4. The Morgan fingerprint density at radius 3 is 2.90 bits per heavy atom. The molecule has 0 radical (unpaired) electrons. The van der Waals surface area contributed by atoms with Crippen LogP contribution in [0.15, 0.2) is 45.9 Å². The second-order valence-electron chi connectivity index (χ2n) is 4.65. The summed E-state index contributed by atoms with van der Waals surface area (Å²) in [5, 5.41) is -0.0162. The van der Waals surface area contributed by atoms with Gasteiger partial charge in [0.15, 0.2) is 0 Å². The third kappa shape index (κ3) is 2.31. The molecule has 2 heterocycles. The van der Waals surface area contributed by atoms with Crippen LogP contribution in [0.4, 0.5) is 4.39 Å². The molecule has 21 heavy (non-hydrogen) atoms. The maximum Gasteiger partial charge on any atom is 0.203 e. The van der Waals surface area contributed by atoms with Crippen LogP contribution < -0.4 is 10.2 Å². The first-order valence-corrected chi connectivity index (χ1v) is 6.73. The topological polar surface area (TPSA) is 55.2 Å². The van der Waals surface area contributed by atoms with Crippen LogP contribution in [0.25, 0.3) is 22.2 Å². The van der Waals surface area contributed by atoms with Crippen LogP contribution in [-0.4, -0.2) is 11.6 Å². The Balaban J connectivity index is 2.24. The van der Waals surface area contributed by atoms with Crippen molar-refractivity contribution < 1.29 is 13.5 Å². The SMILES string of the molecule is CCCOc1ccc(F)c2c(=O)c(-c3ccco3)c[nH]c12.